The quantitative estimate of drug-likeness (QED) is 0.897. The van der Waals surface area contributed by atoms with Gasteiger partial charge in [-0.1, -0.05) is 35.8 Å². The van der Waals surface area contributed by atoms with Gasteiger partial charge in [0.25, 0.3) is 0 Å². The van der Waals surface area contributed by atoms with E-state index in [-0.39, 0.29) is 0 Å². The van der Waals surface area contributed by atoms with Crippen LogP contribution in [0.2, 0.25) is 0 Å². The van der Waals surface area contributed by atoms with Crippen LogP contribution in [-0.4, -0.2) is 20.1 Å². The number of benzene rings is 1. The van der Waals surface area contributed by atoms with Crippen LogP contribution < -0.4 is 10.2 Å². The minimum atomic E-state index is 0.498. The molecule has 0 aliphatic carbocycles. The maximum Gasteiger partial charge on any atom is 0.0377 e. The van der Waals surface area contributed by atoms with E-state index in [1.807, 2.05) is 7.05 Å². The summed E-state index contributed by atoms with van der Waals surface area (Å²) < 4.78 is 1.21. The Labute approximate surface area is 125 Å². The molecule has 1 aromatic carbocycles. The topological polar surface area (TPSA) is 15.3 Å². The SMILES string of the molecule is CNCc1ccc(N2CCCC(C)(C)CC2)cc1Br. The van der Waals surface area contributed by atoms with Gasteiger partial charge in [-0.2, -0.15) is 0 Å². The highest BCUT2D eigenvalue weighted by Gasteiger charge is 2.23. The molecule has 106 valence electrons. The van der Waals surface area contributed by atoms with Crippen molar-refractivity contribution in [3.63, 3.8) is 0 Å². The molecular weight excluding hydrogens is 300 g/mol. The molecule has 0 bridgehead atoms. The fourth-order valence-electron chi connectivity index (χ4n) is 2.75. The van der Waals surface area contributed by atoms with E-state index in [0.717, 1.165) is 6.54 Å². The van der Waals surface area contributed by atoms with Crippen molar-refractivity contribution in [2.75, 3.05) is 25.0 Å². The molecule has 1 aromatic rings. The molecule has 1 saturated heterocycles. The molecule has 1 aliphatic heterocycles. The van der Waals surface area contributed by atoms with Gasteiger partial charge in [-0.05, 0) is 49.4 Å². The zero-order valence-electron chi connectivity index (χ0n) is 12.3. The van der Waals surface area contributed by atoms with Crippen molar-refractivity contribution >= 4 is 21.6 Å². The largest absolute Gasteiger partial charge is 0.371 e. The lowest BCUT2D eigenvalue weighted by atomic mass is 9.85. The van der Waals surface area contributed by atoms with Crippen LogP contribution >= 0.6 is 15.9 Å². The van der Waals surface area contributed by atoms with Crippen LogP contribution in [0.4, 0.5) is 5.69 Å². The Morgan fingerprint density at radius 3 is 2.74 bits per heavy atom. The molecule has 0 atom stereocenters. The van der Waals surface area contributed by atoms with Crippen molar-refractivity contribution in [3.8, 4) is 0 Å². The van der Waals surface area contributed by atoms with Gasteiger partial charge in [0.2, 0.25) is 0 Å². The van der Waals surface area contributed by atoms with Gasteiger partial charge in [0, 0.05) is 29.8 Å². The lowest BCUT2D eigenvalue weighted by Gasteiger charge is -2.25. The number of halogens is 1. The third kappa shape index (κ3) is 3.96. The molecule has 0 aromatic heterocycles. The Hall–Kier alpha value is -0.540. The van der Waals surface area contributed by atoms with Crippen LogP contribution in [0.3, 0.4) is 0 Å². The van der Waals surface area contributed by atoms with Crippen LogP contribution in [0.25, 0.3) is 0 Å². The summed E-state index contributed by atoms with van der Waals surface area (Å²) >= 11 is 3.69. The summed E-state index contributed by atoms with van der Waals surface area (Å²) in [5.74, 6) is 0. The molecule has 0 saturated carbocycles. The van der Waals surface area contributed by atoms with Crippen molar-refractivity contribution < 1.29 is 0 Å². The number of hydrogen-bond acceptors (Lipinski definition) is 2. The highest BCUT2D eigenvalue weighted by atomic mass is 79.9. The molecular formula is C16H25BrN2. The molecule has 1 heterocycles. The van der Waals surface area contributed by atoms with Gasteiger partial charge < -0.3 is 10.2 Å². The first-order valence-electron chi connectivity index (χ1n) is 7.20. The Bertz CT molecular complexity index is 429. The Morgan fingerprint density at radius 1 is 1.26 bits per heavy atom. The van der Waals surface area contributed by atoms with Crippen LogP contribution in [0.5, 0.6) is 0 Å². The zero-order chi connectivity index (χ0) is 13.9. The number of anilines is 1. The first kappa shape index (κ1) is 14.9. The van der Waals surface area contributed by atoms with E-state index in [9.17, 15) is 0 Å². The molecule has 19 heavy (non-hydrogen) atoms. The van der Waals surface area contributed by atoms with Crippen LogP contribution in [0.15, 0.2) is 22.7 Å². The van der Waals surface area contributed by atoms with E-state index in [2.05, 4.69) is 58.2 Å². The van der Waals surface area contributed by atoms with Gasteiger partial charge in [-0.3, -0.25) is 0 Å². The predicted octanol–water partition coefficient (Wildman–Crippen LogP) is 4.19. The average molecular weight is 325 g/mol. The minimum absolute atomic E-state index is 0.498. The number of hydrogen-bond donors (Lipinski definition) is 1. The third-order valence-corrected chi connectivity index (χ3v) is 4.85. The van der Waals surface area contributed by atoms with Crippen molar-refractivity contribution in [3.05, 3.63) is 28.2 Å². The van der Waals surface area contributed by atoms with Crippen LogP contribution in [0, 0.1) is 5.41 Å². The summed E-state index contributed by atoms with van der Waals surface area (Å²) in [6.07, 6.45) is 3.91. The number of rotatable bonds is 3. The third-order valence-electron chi connectivity index (χ3n) is 4.11. The highest BCUT2D eigenvalue weighted by Crippen LogP contribution is 2.32. The minimum Gasteiger partial charge on any atom is -0.371 e. The molecule has 1 N–H and O–H groups in total. The van der Waals surface area contributed by atoms with Crippen LogP contribution in [0.1, 0.15) is 38.7 Å². The van der Waals surface area contributed by atoms with E-state index in [4.69, 9.17) is 0 Å². The molecule has 1 fully saturated rings. The monoisotopic (exact) mass is 324 g/mol. The molecule has 0 spiro atoms. The Balaban J connectivity index is 2.11. The van der Waals surface area contributed by atoms with Gasteiger partial charge in [0.05, 0.1) is 0 Å². The second-order valence-electron chi connectivity index (χ2n) is 6.31. The second-order valence-corrected chi connectivity index (χ2v) is 7.17. The van der Waals surface area contributed by atoms with Gasteiger partial charge in [-0.25, -0.2) is 0 Å². The average Bonchev–Trinajstić information content (AvgIpc) is 2.53. The maximum absolute atomic E-state index is 3.69. The molecule has 0 amide bonds. The summed E-state index contributed by atoms with van der Waals surface area (Å²) in [6, 6.07) is 6.76. The summed E-state index contributed by atoms with van der Waals surface area (Å²) in [6.45, 7) is 8.05. The number of nitrogens with one attached hydrogen (secondary N) is 1. The first-order valence-corrected chi connectivity index (χ1v) is 7.99. The lowest BCUT2D eigenvalue weighted by molar-refractivity contribution is 0.325. The molecule has 3 heteroatoms. The van der Waals surface area contributed by atoms with Crippen molar-refractivity contribution in [1.29, 1.82) is 0 Å². The standard InChI is InChI=1S/C16H25BrN2/c1-16(2)7-4-9-19(10-8-16)14-6-5-13(12-18-3)15(17)11-14/h5-6,11,18H,4,7-10,12H2,1-3H3. The van der Waals surface area contributed by atoms with Crippen molar-refractivity contribution in [2.45, 2.75) is 39.7 Å². The molecule has 2 rings (SSSR count). The second kappa shape index (κ2) is 6.27. The summed E-state index contributed by atoms with van der Waals surface area (Å²) in [5.41, 5.74) is 3.17. The maximum atomic E-state index is 3.69. The molecule has 0 radical (unpaired) electrons. The fourth-order valence-corrected chi connectivity index (χ4v) is 3.25. The molecule has 1 aliphatic rings. The lowest BCUT2D eigenvalue weighted by Crippen LogP contribution is -2.25. The van der Waals surface area contributed by atoms with E-state index in [1.165, 1.54) is 48.1 Å². The number of nitrogens with zero attached hydrogens (tertiary/aromatic N) is 1. The Kier molecular flexibility index (Phi) is 4.91. The van der Waals surface area contributed by atoms with Gasteiger partial charge in [0.1, 0.15) is 0 Å². The van der Waals surface area contributed by atoms with Crippen molar-refractivity contribution in [2.24, 2.45) is 5.41 Å². The zero-order valence-corrected chi connectivity index (χ0v) is 13.9. The van der Waals surface area contributed by atoms with E-state index < -0.39 is 0 Å². The normalized spacial score (nSPS) is 19.3. The molecule has 2 nitrogen and oxygen atoms in total. The summed E-state index contributed by atoms with van der Waals surface area (Å²) in [4.78, 5) is 2.53. The first-order chi connectivity index (χ1) is 9.02. The fraction of sp³-hybridized carbons (Fsp3) is 0.625. The molecule has 0 unspecified atom stereocenters. The van der Waals surface area contributed by atoms with E-state index in [0.29, 0.717) is 5.41 Å². The van der Waals surface area contributed by atoms with Gasteiger partial charge in [-0.15, -0.1) is 0 Å². The Morgan fingerprint density at radius 2 is 2.05 bits per heavy atom. The predicted molar refractivity (Wildman–Crippen MR) is 86.8 cm³/mol. The van der Waals surface area contributed by atoms with E-state index in [1.54, 1.807) is 0 Å². The van der Waals surface area contributed by atoms with Gasteiger partial charge >= 0.3 is 0 Å². The van der Waals surface area contributed by atoms with E-state index >= 15 is 0 Å². The smallest absolute Gasteiger partial charge is 0.0377 e. The highest BCUT2D eigenvalue weighted by molar-refractivity contribution is 9.10. The van der Waals surface area contributed by atoms with Gasteiger partial charge in [0.15, 0.2) is 0 Å². The summed E-state index contributed by atoms with van der Waals surface area (Å²) in [7, 11) is 1.98. The van der Waals surface area contributed by atoms with Crippen molar-refractivity contribution in [1.82, 2.24) is 5.32 Å². The van der Waals surface area contributed by atoms with Crippen LogP contribution in [-0.2, 0) is 6.54 Å². The summed E-state index contributed by atoms with van der Waals surface area (Å²) in [5, 5.41) is 3.20.